The lowest BCUT2D eigenvalue weighted by atomic mass is 10.2. The van der Waals surface area contributed by atoms with Gasteiger partial charge in [0.05, 0.1) is 22.5 Å². The van der Waals surface area contributed by atoms with Crippen LogP contribution in [0.1, 0.15) is 44.8 Å². The Hall–Kier alpha value is -3.39. The van der Waals surface area contributed by atoms with Gasteiger partial charge in [0.1, 0.15) is 4.83 Å². The molecule has 160 valence electrons. The number of hydrogen-bond acceptors (Lipinski definition) is 5. The summed E-state index contributed by atoms with van der Waals surface area (Å²) in [5.74, 6) is -0.0895. The predicted molar refractivity (Wildman–Crippen MR) is 121 cm³/mol. The second kappa shape index (κ2) is 9.18. The van der Waals surface area contributed by atoms with Crippen molar-refractivity contribution in [1.82, 2.24) is 20.4 Å². The second-order valence-electron chi connectivity index (χ2n) is 7.22. The third kappa shape index (κ3) is 4.54. The van der Waals surface area contributed by atoms with E-state index >= 15 is 0 Å². The number of carbonyl (C=O) groups excluding carboxylic acids is 2. The molecule has 0 fully saturated rings. The average molecular weight is 437 g/mol. The van der Waals surface area contributed by atoms with Gasteiger partial charge in [-0.25, -0.2) is 4.68 Å². The largest absolute Gasteiger partial charge is 0.459 e. The highest BCUT2D eigenvalue weighted by molar-refractivity contribution is 7.20. The predicted octanol–water partition coefficient (Wildman–Crippen LogP) is 4.10. The first kappa shape index (κ1) is 20.9. The molecule has 4 rings (SSSR count). The fourth-order valence-corrected chi connectivity index (χ4v) is 4.34. The summed E-state index contributed by atoms with van der Waals surface area (Å²) >= 11 is 1.44. The number of nitrogens with zero attached hydrogens (tertiary/aromatic N) is 2. The molecule has 31 heavy (non-hydrogen) atoms. The number of carbonyl (C=O) groups is 2. The first-order valence-corrected chi connectivity index (χ1v) is 11.1. The summed E-state index contributed by atoms with van der Waals surface area (Å²) in [6, 6.07) is 13.4. The van der Waals surface area contributed by atoms with Crippen LogP contribution in [0.4, 0.5) is 0 Å². The van der Waals surface area contributed by atoms with Gasteiger partial charge in [-0.15, -0.1) is 11.3 Å². The summed E-state index contributed by atoms with van der Waals surface area (Å²) < 4.78 is 6.96. The fourth-order valence-electron chi connectivity index (χ4n) is 3.27. The Bertz CT molecular complexity index is 1190. The van der Waals surface area contributed by atoms with Crippen molar-refractivity contribution < 1.29 is 14.0 Å². The average Bonchev–Trinajstić information content (AvgIpc) is 3.50. The Morgan fingerprint density at radius 2 is 1.84 bits per heavy atom. The zero-order chi connectivity index (χ0) is 21.8. The Morgan fingerprint density at radius 1 is 1.10 bits per heavy atom. The minimum absolute atomic E-state index is 0.115. The first-order valence-electron chi connectivity index (χ1n) is 10.2. The number of thiophene rings is 1. The monoisotopic (exact) mass is 436 g/mol. The van der Waals surface area contributed by atoms with Gasteiger partial charge in [0.25, 0.3) is 11.8 Å². The SMILES string of the molecule is CCc1nn(-c2ccc(C)cc2)c2sc(C(=O)NCCCNC(=O)c3ccco3)cc12. The minimum Gasteiger partial charge on any atom is -0.459 e. The summed E-state index contributed by atoms with van der Waals surface area (Å²) in [6.45, 7) is 5.04. The molecule has 1 aromatic carbocycles. The van der Waals surface area contributed by atoms with E-state index in [2.05, 4.69) is 36.6 Å². The van der Waals surface area contributed by atoms with Crippen molar-refractivity contribution in [3.05, 3.63) is 70.6 Å². The van der Waals surface area contributed by atoms with Crippen LogP contribution in [-0.2, 0) is 6.42 Å². The quantitative estimate of drug-likeness (QED) is 0.407. The molecule has 0 saturated heterocycles. The normalized spacial score (nSPS) is 11.0. The van der Waals surface area contributed by atoms with Crippen molar-refractivity contribution in [1.29, 1.82) is 0 Å². The molecule has 0 spiro atoms. The van der Waals surface area contributed by atoms with Gasteiger partial charge >= 0.3 is 0 Å². The van der Waals surface area contributed by atoms with Gasteiger partial charge in [0, 0.05) is 18.5 Å². The molecule has 4 aromatic rings. The van der Waals surface area contributed by atoms with Gasteiger partial charge in [-0.05, 0) is 50.1 Å². The Balaban J connectivity index is 1.39. The maximum Gasteiger partial charge on any atom is 0.286 e. The van der Waals surface area contributed by atoms with E-state index in [0.29, 0.717) is 24.4 Å². The van der Waals surface area contributed by atoms with E-state index in [0.717, 1.165) is 28.0 Å². The lowest BCUT2D eigenvalue weighted by Crippen LogP contribution is -2.29. The highest BCUT2D eigenvalue weighted by atomic mass is 32.1. The topological polar surface area (TPSA) is 89.2 Å². The van der Waals surface area contributed by atoms with Crippen LogP contribution < -0.4 is 10.6 Å². The summed E-state index contributed by atoms with van der Waals surface area (Å²) in [5.41, 5.74) is 3.15. The molecular formula is C23H24N4O3S. The summed E-state index contributed by atoms with van der Waals surface area (Å²) in [6.07, 6.45) is 2.88. The van der Waals surface area contributed by atoms with Crippen molar-refractivity contribution in [3.63, 3.8) is 0 Å². The van der Waals surface area contributed by atoms with Crippen LogP contribution in [0.25, 0.3) is 15.9 Å². The lowest BCUT2D eigenvalue weighted by Gasteiger charge is -2.05. The molecule has 3 aromatic heterocycles. The maximum absolute atomic E-state index is 12.7. The van der Waals surface area contributed by atoms with E-state index in [1.165, 1.54) is 23.2 Å². The van der Waals surface area contributed by atoms with E-state index in [-0.39, 0.29) is 17.6 Å². The number of aromatic nitrogens is 2. The second-order valence-corrected chi connectivity index (χ2v) is 8.25. The Kier molecular flexibility index (Phi) is 6.18. The van der Waals surface area contributed by atoms with E-state index in [9.17, 15) is 9.59 Å². The standard InChI is InChI=1S/C23H24N4O3S/c1-3-18-17-14-20(31-23(17)27(26-18)16-9-7-15(2)8-10-16)22(29)25-12-5-11-24-21(28)19-6-4-13-30-19/h4,6-10,13-14H,3,5,11-12H2,1-2H3,(H,24,28)(H,25,29). The number of benzene rings is 1. The molecule has 0 atom stereocenters. The molecule has 3 heterocycles. The fraction of sp³-hybridized carbons (Fsp3) is 0.261. The van der Waals surface area contributed by atoms with Crippen molar-refractivity contribution in [3.8, 4) is 5.69 Å². The third-order valence-electron chi connectivity index (χ3n) is 4.94. The number of aryl methyl sites for hydroxylation is 2. The van der Waals surface area contributed by atoms with E-state index in [1.54, 1.807) is 12.1 Å². The highest BCUT2D eigenvalue weighted by Crippen LogP contribution is 2.31. The molecule has 0 aliphatic carbocycles. The third-order valence-corrected chi connectivity index (χ3v) is 6.05. The summed E-state index contributed by atoms with van der Waals surface area (Å²) in [7, 11) is 0. The van der Waals surface area contributed by atoms with Crippen LogP contribution in [-0.4, -0.2) is 34.7 Å². The van der Waals surface area contributed by atoms with Crippen LogP contribution in [0.2, 0.25) is 0 Å². The van der Waals surface area contributed by atoms with Crippen molar-refractivity contribution in [2.75, 3.05) is 13.1 Å². The Labute approximate surface area is 184 Å². The lowest BCUT2D eigenvalue weighted by molar-refractivity contribution is 0.0925. The number of furan rings is 1. The molecule has 2 N–H and O–H groups in total. The van der Waals surface area contributed by atoms with Crippen LogP contribution in [0, 0.1) is 6.92 Å². The molecule has 8 heteroatoms. The molecular weight excluding hydrogens is 412 g/mol. The molecule has 0 bridgehead atoms. The Morgan fingerprint density at radius 3 is 2.52 bits per heavy atom. The molecule has 0 saturated carbocycles. The molecule has 0 radical (unpaired) electrons. The summed E-state index contributed by atoms with van der Waals surface area (Å²) in [5, 5.41) is 11.5. The van der Waals surface area contributed by atoms with E-state index < -0.39 is 0 Å². The van der Waals surface area contributed by atoms with Gasteiger partial charge in [-0.1, -0.05) is 24.6 Å². The molecule has 2 amide bonds. The highest BCUT2D eigenvalue weighted by Gasteiger charge is 2.18. The summed E-state index contributed by atoms with van der Waals surface area (Å²) in [4.78, 5) is 26.1. The molecule has 0 aliphatic rings. The van der Waals surface area contributed by atoms with Gasteiger partial charge in [0.2, 0.25) is 0 Å². The number of amides is 2. The maximum atomic E-state index is 12.7. The smallest absolute Gasteiger partial charge is 0.286 e. The van der Waals surface area contributed by atoms with Gasteiger partial charge in [-0.2, -0.15) is 5.10 Å². The number of nitrogens with one attached hydrogen (secondary N) is 2. The van der Waals surface area contributed by atoms with E-state index in [4.69, 9.17) is 9.52 Å². The molecule has 7 nitrogen and oxygen atoms in total. The van der Waals surface area contributed by atoms with Crippen LogP contribution in [0.3, 0.4) is 0 Å². The molecule has 0 aliphatic heterocycles. The minimum atomic E-state index is -0.256. The van der Waals surface area contributed by atoms with Crippen molar-refractivity contribution in [2.45, 2.75) is 26.7 Å². The van der Waals surface area contributed by atoms with Gasteiger partial charge in [0.15, 0.2) is 5.76 Å². The zero-order valence-electron chi connectivity index (χ0n) is 17.5. The number of hydrogen-bond donors (Lipinski definition) is 2. The van der Waals surface area contributed by atoms with Gasteiger partial charge in [-0.3, -0.25) is 9.59 Å². The number of rotatable bonds is 8. The number of fused-ring (bicyclic) bond motifs is 1. The van der Waals surface area contributed by atoms with Crippen LogP contribution in [0.15, 0.2) is 53.1 Å². The van der Waals surface area contributed by atoms with Crippen molar-refractivity contribution >= 4 is 33.4 Å². The van der Waals surface area contributed by atoms with Crippen molar-refractivity contribution in [2.24, 2.45) is 0 Å². The van der Waals surface area contributed by atoms with Crippen LogP contribution in [0.5, 0.6) is 0 Å². The van der Waals surface area contributed by atoms with Crippen LogP contribution >= 0.6 is 11.3 Å². The van der Waals surface area contributed by atoms with E-state index in [1.807, 2.05) is 22.9 Å². The first-order chi connectivity index (χ1) is 15.1. The zero-order valence-corrected chi connectivity index (χ0v) is 18.3. The molecule has 0 unspecified atom stereocenters. The van der Waals surface area contributed by atoms with Gasteiger partial charge < -0.3 is 15.1 Å².